The Hall–Kier alpha value is -2.74. The zero-order valence-electron chi connectivity index (χ0n) is 12.4. The molecule has 0 atom stereocenters. The molecule has 0 amide bonds. The molecule has 2 nitrogen and oxygen atoms in total. The van der Waals surface area contributed by atoms with E-state index in [0.717, 1.165) is 16.3 Å². The van der Waals surface area contributed by atoms with E-state index in [2.05, 4.69) is 38.1 Å². The van der Waals surface area contributed by atoms with Gasteiger partial charge in [-0.3, -0.25) is 9.59 Å². The summed E-state index contributed by atoms with van der Waals surface area (Å²) in [5.41, 5.74) is 3.76. The fourth-order valence-corrected chi connectivity index (χ4v) is 3.35. The molecule has 0 heterocycles. The molecule has 0 aliphatic heterocycles. The van der Waals surface area contributed by atoms with Crippen molar-refractivity contribution in [3.63, 3.8) is 0 Å². The third-order valence-corrected chi connectivity index (χ3v) is 4.50. The Bertz CT molecular complexity index is 1020. The molecule has 1 aliphatic rings. The van der Waals surface area contributed by atoms with Crippen LogP contribution in [0.1, 0.15) is 27.0 Å². The highest BCUT2D eigenvalue weighted by atomic mass is 16.2. The maximum atomic E-state index is 12.1. The van der Waals surface area contributed by atoms with Crippen LogP contribution in [-0.2, 0) is 4.79 Å². The minimum Gasteiger partial charge on any atom is -0.286 e. The van der Waals surface area contributed by atoms with Crippen molar-refractivity contribution in [2.24, 2.45) is 0 Å². The van der Waals surface area contributed by atoms with Gasteiger partial charge >= 0.3 is 0 Å². The highest BCUT2D eigenvalue weighted by Crippen LogP contribution is 2.35. The van der Waals surface area contributed by atoms with Gasteiger partial charge in [0, 0.05) is 5.56 Å². The quantitative estimate of drug-likeness (QED) is 0.454. The first kappa shape index (κ1) is 13.0. The highest BCUT2D eigenvalue weighted by Gasteiger charge is 2.23. The van der Waals surface area contributed by atoms with E-state index in [1.165, 1.54) is 28.0 Å². The third kappa shape index (κ3) is 1.61. The third-order valence-electron chi connectivity index (χ3n) is 4.50. The molecule has 0 radical (unpaired) electrons. The maximum Gasteiger partial charge on any atom is 0.233 e. The van der Waals surface area contributed by atoms with Gasteiger partial charge in [0.1, 0.15) is 0 Å². The van der Waals surface area contributed by atoms with Crippen molar-refractivity contribution in [3.8, 4) is 0 Å². The van der Waals surface area contributed by atoms with Gasteiger partial charge in [0.05, 0.1) is 0 Å². The summed E-state index contributed by atoms with van der Waals surface area (Å²) in [6.45, 7) is 4.17. The van der Waals surface area contributed by atoms with Crippen LogP contribution in [0.25, 0.3) is 27.6 Å². The Morgan fingerprint density at radius 2 is 1.45 bits per heavy atom. The summed E-state index contributed by atoms with van der Waals surface area (Å²) in [6, 6.07) is 12.1. The van der Waals surface area contributed by atoms with Crippen molar-refractivity contribution < 1.29 is 9.59 Å². The molecule has 0 unspecified atom stereocenters. The van der Waals surface area contributed by atoms with Crippen LogP contribution in [0.15, 0.2) is 42.5 Å². The summed E-state index contributed by atoms with van der Waals surface area (Å²) in [5.74, 6) is -0.860. The molecule has 4 rings (SSSR count). The van der Waals surface area contributed by atoms with Crippen molar-refractivity contribution in [2.75, 3.05) is 0 Å². The van der Waals surface area contributed by atoms with Gasteiger partial charge in [-0.15, -0.1) is 0 Å². The Kier molecular flexibility index (Phi) is 2.58. The molecule has 0 saturated heterocycles. The Balaban J connectivity index is 2.29. The number of hydrogen-bond acceptors (Lipinski definition) is 2. The predicted octanol–water partition coefficient (Wildman–Crippen LogP) is 4.39. The van der Waals surface area contributed by atoms with Gasteiger partial charge in [0.2, 0.25) is 11.6 Å². The van der Waals surface area contributed by atoms with E-state index in [-0.39, 0.29) is 0 Å². The van der Waals surface area contributed by atoms with E-state index in [4.69, 9.17) is 0 Å². The molecule has 0 fully saturated rings. The molecule has 0 saturated carbocycles. The lowest BCUT2D eigenvalue weighted by atomic mass is 9.86. The second-order valence-electron chi connectivity index (χ2n) is 5.84. The summed E-state index contributed by atoms with van der Waals surface area (Å²) < 4.78 is 0. The van der Waals surface area contributed by atoms with Gasteiger partial charge in [0.15, 0.2) is 0 Å². The van der Waals surface area contributed by atoms with E-state index < -0.39 is 11.6 Å². The minimum atomic E-state index is -0.444. The lowest BCUT2D eigenvalue weighted by Crippen LogP contribution is -2.16. The van der Waals surface area contributed by atoms with Crippen LogP contribution in [0.2, 0.25) is 0 Å². The van der Waals surface area contributed by atoms with E-state index in [9.17, 15) is 9.59 Å². The molecule has 0 aromatic heterocycles. The summed E-state index contributed by atoms with van der Waals surface area (Å²) >= 11 is 0. The summed E-state index contributed by atoms with van der Waals surface area (Å²) in [4.78, 5) is 23.8. The lowest BCUT2D eigenvalue weighted by molar-refractivity contribution is -0.110. The molecular formula is C20H14O2. The number of fused-ring (bicyclic) bond motifs is 5. The topological polar surface area (TPSA) is 34.1 Å². The second kappa shape index (κ2) is 4.38. The predicted molar refractivity (Wildman–Crippen MR) is 89.3 cm³/mol. The zero-order valence-corrected chi connectivity index (χ0v) is 12.4. The van der Waals surface area contributed by atoms with Crippen LogP contribution in [0.4, 0.5) is 0 Å². The smallest absolute Gasteiger partial charge is 0.233 e. The van der Waals surface area contributed by atoms with Crippen LogP contribution in [-0.4, -0.2) is 11.6 Å². The second-order valence-corrected chi connectivity index (χ2v) is 5.84. The monoisotopic (exact) mass is 286 g/mol. The average molecular weight is 286 g/mol. The number of carbonyl (C=O) groups is 2. The van der Waals surface area contributed by atoms with Gasteiger partial charge in [0.25, 0.3) is 0 Å². The first-order chi connectivity index (χ1) is 10.6. The van der Waals surface area contributed by atoms with Gasteiger partial charge in [-0.05, 0) is 70.3 Å². The number of carbonyl (C=O) groups excluding carboxylic acids is 2. The van der Waals surface area contributed by atoms with Crippen LogP contribution >= 0.6 is 0 Å². The fourth-order valence-electron chi connectivity index (χ4n) is 3.35. The number of ketones is 2. The first-order valence-electron chi connectivity index (χ1n) is 7.30. The van der Waals surface area contributed by atoms with Crippen molar-refractivity contribution >= 4 is 39.2 Å². The van der Waals surface area contributed by atoms with Crippen molar-refractivity contribution in [3.05, 3.63) is 64.7 Å². The zero-order chi connectivity index (χ0) is 15.4. The lowest BCUT2D eigenvalue weighted by Gasteiger charge is -2.16. The Morgan fingerprint density at radius 3 is 2.27 bits per heavy atom. The van der Waals surface area contributed by atoms with Gasteiger partial charge in [-0.25, -0.2) is 0 Å². The number of hydrogen-bond donors (Lipinski definition) is 0. The Labute approximate surface area is 128 Å². The maximum absolute atomic E-state index is 12.1. The first-order valence-corrected chi connectivity index (χ1v) is 7.30. The van der Waals surface area contributed by atoms with Gasteiger partial charge < -0.3 is 0 Å². The normalized spacial score (nSPS) is 13.9. The average Bonchev–Trinajstić information content (AvgIpc) is 2.53. The molecule has 0 spiro atoms. The van der Waals surface area contributed by atoms with Crippen LogP contribution in [0.5, 0.6) is 0 Å². The summed E-state index contributed by atoms with van der Waals surface area (Å²) in [7, 11) is 0. The van der Waals surface area contributed by atoms with E-state index in [1.54, 1.807) is 12.1 Å². The van der Waals surface area contributed by atoms with E-state index >= 15 is 0 Å². The van der Waals surface area contributed by atoms with Crippen LogP contribution in [0, 0.1) is 13.8 Å². The van der Waals surface area contributed by atoms with Gasteiger partial charge in [-0.2, -0.15) is 0 Å². The summed E-state index contributed by atoms with van der Waals surface area (Å²) in [6.07, 6.45) is 3.16. The number of Topliss-reactive ketones (excluding diaryl/α,β-unsaturated/α-hetero) is 1. The molecular weight excluding hydrogens is 272 g/mol. The molecule has 1 aliphatic carbocycles. The number of allylic oxidation sites excluding steroid dienone is 1. The minimum absolute atomic E-state index is 0.415. The number of rotatable bonds is 0. The highest BCUT2D eigenvalue weighted by molar-refractivity contribution is 6.50. The van der Waals surface area contributed by atoms with Crippen molar-refractivity contribution in [2.45, 2.75) is 13.8 Å². The molecule has 22 heavy (non-hydrogen) atoms. The van der Waals surface area contributed by atoms with Crippen molar-refractivity contribution in [1.29, 1.82) is 0 Å². The SMILES string of the molecule is Cc1ccc(C)c2c1ccc1ccc3c(c12)C=CC(=O)C3=O. The summed E-state index contributed by atoms with van der Waals surface area (Å²) in [5, 5.41) is 4.51. The van der Waals surface area contributed by atoms with E-state index in [0.29, 0.717) is 5.56 Å². The molecule has 106 valence electrons. The standard InChI is InChI=1S/C20H14O2/c1-11-3-4-12(2)18-14(11)7-5-13-6-8-16-15(19(13)18)9-10-17(21)20(16)22/h3-10H,1-2H3. The number of aryl methyl sites for hydroxylation is 2. The number of benzene rings is 3. The van der Waals surface area contributed by atoms with Crippen LogP contribution < -0.4 is 0 Å². The van der Waals surface area contributed by atoms with Gasteiger partial charge in [-0.1, -0.05) is 30.3 Å². The molecule has 2 heteroatoms. The van der Waals surface area contributed by atoms with Crippen LogP contribution in [0.3, 0.4) is 0 Å². The van der Waals surface area contributed by atoms with E-state index in [1.807, 2.05) is 6.07 Å². The molecule has 0 N–H and O–H groups in total. The van der Waals surface area contributed by atoms with Crippen molar-refractivity contribution in [1.82, 2.24) is 0 Å². The molecule has 3 aromatic carbocycles. The fraction of sp³-hybridized carbons (Fsp3) is 0.100. The molecule has 0 bridgehead atoms. The molecule has 3 aromatic rings. The largest absolute Gasteiger partial charge is 0.286 e. The Morgan fingerprint density at radius 1 is 0.727 bits per heavy atom.